The maximum absolute atomic E-state index is 12.7. The molecule has 1 aliphatic rings. The number of benzene rings is 1. The van der Waals surface area contributed by atoms with Crippen LogP contribution in [0, 0.1) is 6.92 Å². The standard InChI is InChI=1S/C24H27N5OS/c1-19-7-5-11-22(25-19)27-24-26-21(18-31-24)17-23(30)29-15-13-28(14-16-29)12-6-10-20-8-3-2-4-9-20/h2-11,18H,12-17H2,1H3,(H,25,26,27)/b10-6+. The molecule has 0 bridgehead atoms. The number of carbonyl (C=O) groups is 1. The maximum atomic E-state index is 12.7. The number of pyridine rings is 1. The second-order valence-electron chi connectivity index (χ2n) is 7.60. The molecule has 1 amide bonds. The van der Waals surface area contributed by atoms with Crippen molar-refractivity contribution in [2.24, 2.45) is 0 Å². The summed E-state index contributed by atoms with van der Waals surface area (Å²) in [7, 11) is 0. The van der Waals surface area contributed by atoms with Crippen LogP contribution in [0.15, 0.2) is 60.0 Å². The van der Waals surface area contributed by atoms with E-state index in [1.807, 2.05) is 53.6 Å². The molecular formula is C24H27N5OS. The van der Waals surface area contributed by atoms with Crippen molar-refractivity contribution in [2.45, 2.75) is 13.3 Å². The molecule has 0 spiro atoms. The highest BCUT2D eigenvalue weighted by molar-refractivity contribution is 7.13. The molecule has 7 heteroatoms. The molecular weight excluding hydrogens is 406 g/mol. The first kappa shape index (κ1) is 21.2. The van der Waals surface area contributed by atoms with Crippen molar-refractivity contribution in [3.05, 3.63) is 76.9 Å². The number of aromatic nitrogens is 2. The Balaban J connectivity index is 1.22. The zero-order valence-corrected chi connectivity index (χ0v) is 18.5. The molecule has 3 aromatic rings. The fraction of sp³-hybridized carbons (Fsp3) is 0.292. The Bertz CT molecular complexity index is 1030. The molecule has 1 saturated heterocycles. The third kappa shape index (κ3) is 6.23. The summed E-state index contributed by atoms with van der Waals surface area (Å²) >= 11 is 1.50. The van der Waals surface area contributed by atoms with Crippen LogP contribution in [0.1, 0.15) is 17.0 Å². The van der Waals surface area contributed by atoms with E-state index in [2.05, 4.69) is 44.5 Å². The van der Waals surface area contributed by atoms with Gasteiger partial charge in [-0.2, -0.15) is 0 Å². The molecule has 0 radical (unpaired) electrons. The van der Waals surface area contributed by atoms with Crippen molar-refractivity contribution >= 4 is 34.3 Å². The molecule has 1 aliphatic heterocycles. The summed E-state index contributed by atoms with van der Waals surface area (Å²) in [6.45, 7) is 6.18. The van der Waals surface area contributed by atoms with Gasteiger partial charge in [-0.1, -0.05) is 48.6 Å². The lowest BCUT2D eigenvalue weighted by Crippen LogP contribution is -2.49. The summed E-state index contributed by atoms with van der Waals surface area (Å²) < 4.78 is 0. The summed E-state index contributed by atoms with van der Waals surface area (Å²) in [5.41, 5.74) is 2.97. The summed E-state index contributed by atoms with van der Waals surface area (Å²) in [6, 6.07) is 16.1. The lowest BCUT2D eigenvalue weighted by molar-refractivity contribution is -0.132. The van der Waals surface area contributed by atoms with Gasteiger partial charge in [-0.25, -0.2) is 9.97 Å². The van der Waals surface area contributed by atoms with E-state index in [0.29, 0.717) is 6.42 Å². The van der Waals surface area contributed by atoms with Crippen LogP contribution >= 0.6 is 11.3 Å². The van der Waals surface area contributed by atoms with Gasteiger partial charge in [0, 0.05) is 43.8 Å². The Hall–Kier alpha value is -3.03. The molecule has 31 heavy (non-hydrogen) atoms. The number of anilines is 2. The topological polar surface area (TPSA) is 61.4 Å². The van der Waals surface area contributed by atoms with E-state index in [4.69, 9.17) is 0 Å². The number of piperazine rings is 1. The van der Waals surface area contributed by atoms with Gasteiger partial charge >= 0.3 is 0 Å². The van der Waals surface area contributed by atoms with Crippen molar-refractivity contribution in [2.75, 3.05) is 38.0 Å². The Morgan fingerprint density at radius 2 is 1.87 bits per heavy atom. The van der Waals surface area contributed by atoms with Crippen LogP contribution in [0.4, 0.5) is 10.9 Å². The Morgan fingerprint density at radius 3 is 2.65 bits per heavy atom. The van der Waals surface area contributed by atoms with Gasteiger partial charge in [-0.3, -0.25) is 9.69 Å². The van der Waals surface area contributed by atoms with E-state index in [1.165, 1.54) is 16.9 Å². The molecule has 6 nitrogen and oxygen atoms in total. The average Bonchev–Trinajstić information content (AvgIpc) is 3.21. The lowest BCUT2D eigenvalue weighted by atomic mass is 10.2. The number of hydrogen-bond acceptors (Lipinski definition) is 6. The van der Waals surface area contributed by atoms with Crippen LogP contribution in [-0.2, 0) is 11.2 Å². The van der Waals surface area contributed by atoms with E-state index in [9.17, 15) is 4.79 Å². The summed E-state index contributed by atoms with van der Waals surface area (Å²) in [5.74, 6) is 0.912. The van der Waals surface area contributed by atoms with Gasteiger partial charge in [0.1, 0.15) is 5.82 Å². The highest BCUT2D eigenvalue weighted by Gasteiger charge is 2.21. The van der Waals surface area contributed by atoms with Crippen LogP contribution in [-0.4, -0.2) is 58.4 Å². The molecule has 4 rings (SSSR count). The van der Waals surface area contributed by atoms with Gasteiger partial charge in [-0.05, 0) is 24.6 Å². The predicted molar refractivity (Wildman–Crippen MR) is 127 cm³/mol. The quantitative estimate of drug-likeness (QED) is 0.610. The lowest BCUT2D eigenvalue weighted by Gasteiger charge is -2.34. The van der Waals surface area contributed by atoms with Crippen LogP contribution < -0.4 is 5.32 Å². The number of amides is 1. The first-order valence-corrected chi connectivity index (χ1v) is 11.4. The van der Waals surface area contributed by atoms with Crippen molar-refractivity contribution in [1.29, 1.82) is 0 Å². The number of nitrogens with one attached hydrogen (secondary N) is 1. The van der Waals surface area contributed by atoms with Gasteiger partial charge in [0.2, 0.25) is 5.91 Å². The van der Waals surface area contributed by atoms with Gasteiger partial charge in [-0.15, -0.1) is 11.3 Å². The average molecular weight is 434 g/mol. The Morgan fingerprint density at radius 1 is 1.06 bits per heavy atom. The number of thiazole rings is 1. The first-order chi connectivity index (χ1) is 15.2. The predicted octanol–water partition coefficient (Wildman–Crippen LogP) is 3.99. The highest BCUT2D eigenvalue weighted by Crippen LogP contribution is 2.20. The summed E-state index contributed by atoms with van der Waals surface area (Å²) in [4.78, 5) is 26.0. The molecule has 0 unspecified atom stereocenters. The zero-order valence-electron chi connectivity index (χ0n) is 17.7. The van der Waals surface area contributed by atoms with Crippen molar-refractivity contribution < 1.29 is 4.79 Å². The van der Waals surface area contributed by atoms with Crippen molar-refractivity contribution in [3.8, 4) is 0 Å². The second kappa shape index (κ2) is 10.3. The molecule has 2 aromatic heterocycles. The molecule has 1 fully saturated rings. The van der Waals surface area contributed by atoms with Crippen LogP contribution in [0.3, 0.4) is 0 Å². The summed E-state index contributed by atoms with van der Waals surface area (Å²) in [5, 5.41) is 5.92. The van der Waals surface area contributed by atoms with Crippen LogP contribution in [0.2, 0.25) is 0 Å². The molecule has 0 aliphatic carbocycles. The second-order valence-corrected chi connectivity index (χ2v) is 8.46. The van der Waals surface area contributed by atoms with E-state index < -0.39 is 0 Å². The number of carbonyl (C=O) groups excluding carboxylic acids is 1. The van der Waals surface area contributed by atoms with Gasteiger partial charge in [0.05, 0.1) is 12.1 Å². The van der Waals surface area contributed by atoms with E-state index in [-0.39, 0.29) is 5.91 Å². The first-order valence-electron chi connectivity index (χ1n) is 10.5. The fourth-order valence-electron chi connectivity index (χ4n) is 3.52. The third-order valence-electron chi connectivity index (χ3n) is 5.21. The maximum Gasteiger partial charge on any atom is 0.228 e. The molecule has 160 valence electrons. The smallest absolute Gasteiger partial charge is 0.228 e. The van der Waals surface area contributed by atoms with E-state index >= 15 is 0 Å². The van der Waals surface area contributed by atoms with Crippen molar-refractivity contribution in [1.82, 2.24) is 19.8 Å². The molecule has 3 heterocycles. The number of nitrogens with zero attached hydrogens (tertiary/aromatic N) is 4. The number of hydrogen-bond donors (Lipinski definition) is 1. The molecule has 1 N–H and O–H groups in total. The van der Waals surface area contributed by atoms with E-state index in [1.54, 1.807) is 0 Å². The number of aryl methyl sites for hydroxylation is 1. The highest BCUT2D eigenvalue weighted by atomic mass is 32.1. The normalized spacial score (nSPS) is 14.8. The molecule has 1 aromatic carbocycles. The number of rotatable bonds is 7. The zero-order chi connectivity index (χ0) is 21.5. The third-order valence-corrected chi connectivity index (χ3v) is 6.01. The van der Waals surface area contributed by atoms with Crippen LogP contribution in [0.5, 0.6) is 0 Å². The van der Waals surface area contributed by atoms with Gasteiger partial charge in [0.25, 0.3) is 0 Å². The fourth-order valence-corrected chi connectivity index (χ4v) is 4.23. The van der Waals surface area contributed by atoms with Crippen molar-refractivity contribution in [3.63, 3.8) is 0 Å². The Kier molecular flexibility index (Phi) is 7.07. The minimum atomic E-state index is 0.144. The van der Waals surface area contributed by atoms with Gasteiger partial charge < -0.3 is 10.2 Å². The monoisotopic (exact) mass is 433 g/mol. The minimum absolute atomic E-state index is 0.144. The Labute approximate surface area is 187 Å². The molecule has 0 saturated carbocycles. The largest absolute Gasteiger partial charge is 0.340 e. The van der Waals surface area contributed by atoms with Gasteiger partial charge in [0.15, 0.2) is 5.13 Å². The summed E-state index contributed by atoms with van der Waals surface area (Å²) in [6.07, 6.45) is 4.69. The van der Waals surface area contributed by atoms with E-state index in [0.717, 1.165) is 55.1 Å². The SMILES string of the molecule is Cc1cccc(Nc2nc(CC(=O)N3CCN(C/C=C/c4ccccc4)CC3)cs2)n1. The minimum Gasteiger partial charge on any atom is -0.340 e. The molecule has 0 atom stereocenters. The van der Waals surface area contributed by atoms with Crippen LogP contribution in [0.25, 0.3) is 6.08 Å².